The van der Waals surface area contributed by atoms with E-state index in [-0.39, 0.29) is 22.9 Å². The first-order valence-corrected chi connectivity index (χ1v) is 10.7. The number of nitrogens with zero attached hydrogens (tertiary/aromatic N) is 7. The van der Waals surface area contributed by atoms with Gasteiger partial charge >= 0.3 is 0 Å². The van der Waals surface area contributed by atoms with Crippen LogP contribution in [0.3, 0.4) is 0 Å². The number of tetrazole rings is 1. The number of likely N-dealkylation sites (tertiary alicyclic amines) is 1. The van der Waals surface area contributed by atoms with Gasteiger partial charge in [-0.25, -0.2) is 14.1 Å². The number of anilines is 3. The monoisotopic (exact) mass is 439 g/mol. The number of nitrogens with one attached hydrogen (secondary N) is 2. The number of hydrogen-bond acceptors (Lipinski definition) is 8. The Morgan fingerprint density at radius 2 is 1.84 bits per heavy atom. The van der Waals surface area contributed by atoms with Crippen LogP contribution in [0.2, 0.25) is 0 Å². The predicted molar refractivity (Wildman–Crippen MR) is 122 cm³/mol. The van der Waals surface area contributed by atoms with Crippen molar-refractivity contribution < 1.29 is 4.39 Å². The van der Waals surface area contributed by atoms with E-state index < -0.39 is 5.82 Å². The van der Waals surface area contributed by atoms with Gasteiger partial charge < -0.3 is 10.6 Å². The Morgan fingerprint density at radius 3 is 2.50 bits per heavy atom. The molecule has 0 spiro atoms. The molecule has 2 N–H and O–H groups in total. The Labute approximate surface area is 187 Å². The molecule has 1 aliphatic rings. The number of piperidine rings is 1. The summed E-state index contributed by atoms with van der Waals surface area (Å²) in [6, 6.07) is 5.85. The number of halogens is 1. The van der Waals surface area contributed by atoms with Gasteiger partial charge in [-0.1, -0.05) is 6.07 Å². The molecule has 2 aromatic heterocycles. The molecule has 3 heterocycles. The molecule has 0 radical (unpaired) electrons. The van der Waals surface area contributed by atoms with E-state index in [1.165, 1.54) is 12.5 Å². The van der Waals surface area contributed by atoms with E-state index in [0.29, 0.717) is 5.95 Å². The van der Waals surface area contributed by atoms with Gasteiger partial charge in [0, 0.05) is 22.8 Å². The summed E-state index contributed by atoms with van der Waals surface area (Å²) < 4.78 is 16.2. The van der Waals surface area contributed by atoms with Gasteiger partial charge in [-0.05, 0) is 82.6 Å². The molecule has 10 heteroatoms. The van der Waals surface area contributed by atoms with E-state index >= 15 is 0 Å². The zero-order chi connectivity index (χ0) is 23.1. The van der Waals surface area contributed by atoms with Gasteiger partial charge in [0.05, 0.1) is 11.9 Å². The third-order valence-electron chi connectivity index (χ3n) is 6.45. The van der Waals surface area contributed by atoms with Crippen LogP contribution in [0.15, 0.2) is 30.7 Å². The molecule has 32 heavy (non-hydrogen) atoms. The summed E-state index contributed by atoms with van der Waals surface area (Å²) in [6.45, 7) is 10.8. The van der Waals surface area contributed by atoms with Crippen LogP contribution in [0.25, 0.3) is 5.69 Å². The Bertz CT molecular complexity index is 1080. The molecule has 0 bridgehead atoms. The van der Waals surface area contributed by atoms with Crippen LogP contribution < -0.4 is 10.6 Å². The van der Waals surface area contributed by atoms with Crippen molar-refractivity contribution in [2.45, 2.75) is 64.6 Å². The predicted octanol–water partition coefficient (Wildman–Crippen LogP) is 3.71. The number of hydrogen-bond donors (Lipinski definition) is 2. The summed E-state index contributed by atoms with van der Waals surface area (Å²) in [4.78, 5) is 10.9. The van der Waals surface area contributed by atoms with Crippen molar-refractivity contribution in [3.63, 3.8) is 0 Å². The molecule has 0 unspecified atom stereocenters. The molecule has 0 atom stereocenters. The standard InChI is InChI=1S/C22H30FN9/c1-14-7-8-15(9-18(14)32-13-25-29-30-32)27-20-24-12-17(23)19(28-20)26-16-10-21(2,3)31(6)22(4,5)11-16/h7-9,12-13,16H,10-11H2,1-6H3,(H2,24,26,27,28). The largest absolute Gasteiger partial charge is 0.365 e. The number of aryl methyl sites for hydroxylation is 1. The minimum absolute atomic E-state index is 0.0154. The van der Waals surface area contributed by atoms with Crippen LogP contribution >= 0.6 is 0 Å². The third-order valence-corrected chi connectivity index (χ3v) is 6.45. The van der Waals surface area contributed by atoms with Crippen LogP contribution in [0.5, 0.6) is 0 Å². The van der Waals surface area contributed by atoms with Gasteiger partial charge in [0.15, 0.2) is 11.6 Å². The second kappa shape index (κ2) is 8.09. The fourth-order valence-corrected chi connectivity index (χ4v) is 4.53. The molecule has 0 saturated carbocycles. The third kappa shape index (κ3) is 4.40. The highest BCUT2D eigenvalue weighted by Crippen LogP contribution is 2.38. The van der Waals surface area contributed by atoms with E-state index in [2.05, 4.69) is 75.8 Å². The van der Waals surface area contributed by atoms with Crippen molar-refractivity contribution in [2.75, 3.05) is 17.7 Å². The summed E-state index contributed by atoms with van der Waals surface area (Å²) in [5.41, 5.74) is 2.56. The number of rotatable bonds is 5. The quantitative estimate of drug-likeness (QED) is 0.621. The first-order valence-electron chi connectivity index (χ1n) is 10.7. The number of benzene rings is 1. The zero-order valence-electron chi connectivity index (χ0n) is 19.4. The van der Waals surface area contributed by atoms with E-state index in [1.807, 2.05) is 25.1 Å². The molecule has 1 fully saturated rings. The van der Waals surface area contributed by atoms with Gasteiger partial charge in [0.25, 0.3) is 0 Å². The SMILES string of the molecule is Cc1ccc(Nc2ncc(F)c(NC3CC(C)(C)N(C)C(C)(C)C3)n2)cc1-n1cnnn1. The Morgan fingerprint density at radius 1 is 1.12 bits per heavy atom. The van der Waals surface area contributed by atoms with Crippen LogP contribution in [0.1, 0.15) is 46.1 Å². The second-order valence-electron chi connectivity index (χ2n) is 9.70. The molecular formula is C22H30FN9. The summed E-state index contributed by atoms with van der Waals surface area (Å²) in [7, 11) is 2.15. The lowest BCUT2D eigenvalue weighted by Gasteiger charge is -2.53. The average Bonchev–Trinajstić information content (AvgIpc) is 3.24. The molecule has 1 saturated heterocycles. The molecule has 3 aromatic rings. The first kappa shape index (κ1) is 22.1. The maximum atomic E-state index is 14.6. The lowest BCUT2D eigenvalue weighted by Crippen LogP contribution is -2.61. The molecule has 0 aliphatic carbocycles. The highest BCUT2D eigenvalue weighted by Gasteiger charge is 2.43. The van der Waals surface area contributed by atoms with Gasteiger partial charge in [-0.15, -0.1) is 5.10 Å². The van der Waals surface area contributed by atoms with Crippen molar-refractivity contribution in [2.24, 2.45) is 0 Å². The molecule has 1 aliphatic heterocycles. The van der Waals surface area contributed by atoms with Gasteiger partial charge in [-0.3, -0.25) is 4.90 Å². The summed E-state index contributed by atoms with van der Waals surface area (Å²) in [6.07, 6.45) is 4.49. The van der Waals surface area contributed by atoms with Gasteiger partial charge in [0.1, 0.15) is 6.33 Å². The lowest BCUT2D eigenvalue weighted by molar-refractivity contribution is -0.00778. The highest BCUT2D eigenvalue weighted by atomic mass is 19.1. The summed E-state index contributed by atoms with van der Waals surface area (Å²) in [5.74, 6) is 0.0479. The highest BCUT2D eigenvalue weighted by molar-refractivity contribution is 5.60. The van der Waals surface area contributed by atoms with Crippen molar-refractivity contribution >= 4 is 17.5 Å². The van der Waals surface area contributed by atoms with Gasteiger partial charge in [0.2, 0.25) is 5.95 Å². The normalized spacial score (nSPS) is 18.5. The maximum absolute atomic E-state index is 14.6. The molecule has 0 amide bonds. The summed E-state index contributed by atoms with van der Waals surface area (Å²) >= 11 is 0. The van der Waals surface area contributed by atoms with Crippen LogP contribution in [-0.4, -0.2) is 59.2 Å². The maximum Gasteiger partial charge on any atom is 0.229 e. The topological polar surface area (TPSA) is 96.7 Å². The van der Waals surface area contributed by atoms with Crippen LogP contribution in [-0.2, 0) is 0 Å². The molecule has 9 nitrogen and oxygen atoms in total. The summed E-state index contributed by atoms with van der Waals surface area (Å²) in [5, 5.41) is 17.8. The van der Waals surface area contributed by atoms with Crippen molar-refractivity contribution in [3.05, 3.63) is 42.1 Å². The smallest absolute Gasteiger partial charge is 0.229 e. The van der Waals surface area contributed by atoms with Crippen LogP contribution in [0, 0.1) is 12.7 Å². The zero-order valence-corrected chi connectivity index (χ0v) is 19.4. The molecule has 1 aromatic carbocycles. The van der Waals surface area contributed by atoms with E-state index in [1.54, 1.807) is 4.68 Å². The van der Waals surface area contributed by atoms with Crippen LogP contribution in [0.4, 0.5) is 21.8 Å². The van der Waals surface area contributed by atoms with E-state index in [4.69, 9.17) is 0 Å². The molecule has 4 rings (SSSR count). The molecular weight excluding hydrogens is 409 g/mol. The average molecular weight is 440 g/mol. The second-order valence-corrected chi connectivity index (χ2v) is 9.70. The Hall–Kier alpha value is -3.14. The Balaban J connectivity index is 1.55. The first-order chi connectivity index (χ1) is 15.0. The molecule has 170 valence electrons. The lowest BCUT2D eigenvalue weighted by atomic mass is 9.77. The fraction of sp³-hybridized carbons (Fsp3) is 0.500. The van der Waals surface area contributed by atoms with E-state index in [9.17, 15) is 4.39 Å². The van der Waals surface area contributed by atoms with E-state index in [0.717, 1.165) is 29.8 Å². The minimum atomic E-state index is -0.469. The van der Waals surface area contributed by atoms with Crippen molar-refractivity contribution in [1.29, 1.82) is 0 Å². The minimum Gasteiger partial charge on any atom is -0.365 e. The van der Waals surface area contributed by atoms with Crippen molar-refractivity contribution in [1.82, 2.24) is 35.1 Å². The fourth-order valence-electron chi connectivity index (χ4n) is 4.53. The number of aromatic nitrogens is 6. The Kier molecular flexibility index (Phi) is 5.58. The van der Waals surface area contributed by atoms with Crippen molar-refractivity contribution in [3.8, 4) is 5.69 Å². The van der Waals surface area contributed by atoms with Gasteiger partial charge in [-0.2, -0.15) is 4.98 Å².